The van der Waals surface area contributed by atoms with Crippen LogP contribution >= 0.6 is 11.3 Å². The number of fused-ring (bicyclic) bond motifs is 1. The average Bonchev–Trinajstić information content (AvgIpc) is 2.98. The summed E-state index contributed by atoms with van der Waals surface area (Å²) in [5.74, 6) is -0.324. The first kappa shape index (κ1) is 17.1. The fourth-order valence-electron chi connectivity index (χ4n) is 2.81. The van der Waals surface area contributed by atoms with E-state index in [9.17, 15) is 19.3 Å². The molecular formula is C18H13FN4O3S. The molecule has 2 heterocycles. The van der Waals surface area contributed by atoms with Crippen LogP contribution in [0.2, 0.25) is 0 Å². The van der Waals surface area contributed by atoms with Crippen molar-refractivity contribution in [3.05, 3.63) is 89.7 Å². The summed E-state index contributed by atoms with van der Waals surface area (Å²) >= 11 is 1.24. The van der Waals surface area contributed by atoms with Crippen LogP contribution in [0.5, 0.6) is 0 Å². The summed E-state index contributed by atoms with van der Waals surface area (Å²) in [4.78, 5) is 30.0. The number of anilines is 1. The highest BCUT2D eigenvalue weighted by molar-refractivity contribution is 7.07. The number of halogens is 1. The number of hydrogen-bond donors (Lipinski definition) is 0. The molecule has 0 bridgehead atoms. The predicted octanol–water partition coefficient (Wildman–Crippen LogP) is 1.84. The summed E-state index contributed by atoms with van der Waals surface area (Å²) in [7, 11) is 0. The van der Waals surface area contributed by atoms with Gasteiger partial charge in [-0.15, -0.1) is 0 Å². The summed E-state index contributed by atoms with van der Waals surface area (Å²) < 4.78 is 15.1. The van der Waals surface area contributed by atoms with Gasteiger partial charge in [0.2, 0.25) is 0 Å². The van der Waals surface area contributed by atoms with Crippen molar-refractivity contribution in [1.82, 2.24) is 4.57 Å². The Morgan fingerprint density at radius 3 is 2.74 bits per heavy atom. The second-order valence-corrected chi connectivity index (χ2v) is 6.94. The Morgan fingerprint density at radius 1 is 1.22 bits per heavy atom. The van der Waals surface area contributed by atoms with Gasteiger partial charge in [0.15, 0.2) is 4.80 Å². The molecule has 0 unspecified atom stereocenters. The van der Waals surface area contributed by atoms with Gasteiger partial charge in [0, 0.05) is 17.8 Å². The molecule has 1 aromatic heterocycles. The number of hydrogen-bond acceptors (Lipinski definition) is 6. The number of thiazole rings is 1. The number of nitro groups is 1. The van der Waals surface area contributed by atoms with Gasteiger partial charge in [-0.1, -0.05) is 23.5 Å². The van der Waals surface area contributed by atoms with Crippen molar-refractivity contribution >= 4 is 28.8 Å². The molecular weight excluding hydrogens is 371 g/mol. The quantitative estimate of drug-likeness (QED) is 0.510. The number of nitro benzene ring substituents is 1. The van der Waals surface area contributed by atoms with Crippen LogP contribution < -0.4 is 19.8 Å². The van der Waals surface area contributed by atoms with E-state index in [4.69, 9.17) is 0 Å². The molecule has 0 fully saturated rings. The zero-order chi connectivity index (χ0) is 19.0. The van der Waals surface area contributed by atoms with Crippen LogP contribution in [-0.4, -0.2) is 16.2 Å². The zero-order valence-corrected chi connectivity index (χ0v) is 14.7. The maximum absolute atomic E-state index is 13.1. The third-order valence-corrected chi connectivity index (χ3v) is 5.19. The lowest BCUT2D eigenvalue weighted by Gasteiger charge is -2.25. The molecule has 3 aromatic rings. The van der Waals surface area contributed by atoms with Crippen LogP contribution in [0.15, 0.2) is 58.3 Å². The molecule has 0 radical (unpaired) electrons. The molecule has 0 saturated carbocycles. The minimum atomic E-state index is -0.473. The van der Waals surface area contributed by atoms with Crippen molar-refractivity contribution in [3.63, 3.8) is 0 Å². The Balaban J connectivity index is 1.70. The lowest BCUT2D eigenvalue weighted by atomic mass is 10.2. The van der Waals surface area contributed by atoms with Gasteiger partial charge in [0.1, 0.15) is 19.2 Å². The molecule has 0 saturated heterocycles. The molecule has 1 aliphatic rings. The molecule has 0 atom stereocenters. The number of nitrogens with zero attached hydrogens (tertiary/aromatic N) is 4. The van der Waals surface area contributed by atoms with Crippen LogP contribution in [0.1, 0.15) is 5.56 Å². The number of non-ortho nitro benzene ring substituents is 1. The first-order valence-corrected chi connectivity index (χ1v) is 8.84. The van der Waals surface area contributed by atoms with Gasteiger partial charge in [-0.05, 0) is 35.9 Å². The predicted molar refractivity (Wildman–Crippen MR) is 99.8 cm³/mol. The fraction of sp³-hybridized carbons (Fsp3) is 0.111. The second kappa shape index (κ2) is 6.76. The molecule has 4 rings (SSSR count). The van der Waals surface area contributed by atoms with E-state index in [1.807, 2.05) is 4.90 Å². The monoisotopic (exact) mass is 384 g/mol. The Labute approximate surface area is 156 Å². The average molecular weight is 384 g/mol. The molecule has 27 heavy (non-hydrogen) atoms. The lowest BCUT2D eigenvalue weighted by molar-refractivity contribution is -0.384. The van der Waals surface area contributed by atoms with Crippen LogP contribution in [0.4, 0.5) is 15.8 Å². The minimum absolute atomic E-state index is 0.0302. The SMILES string of the molecule is O=c1/c(=C/c2cccc([N+](=O)[O-])c2)sc2n1CN(c1ccc(F)cc1)CN=2. The summed E-state index contributed by atoms with van der Waals surface area (Å²) in [6.07, 6.45) is 1.63. The Bertz CT molecular complexity index is 1200. The van der Waals surface area contributed by atoms with E-state index >= 15 is 0 Å². The third kappa shape index (κ3) is 3.36. The Hall–Kier alpha value is -3.33. The molecule has 1 aliphatic heterocycles. The number of aromatic nitrogens is 1. The molecule has 9 heteroatoms. The normalized spacial score (nSPS) is 14.0. The van der Waals surface area contributed by atoms with Gasteiger partial charge >= 0.3 is 0 Å². The molecule has 0 aliphatic carbocycles. The van der Waals surface area contributed by atoms with Crippen LogP contribution in [0.3, 0.4) is 0 Å². The van der Waals surface area contributed by atoms with Crippen molar-refractivity contribution in [2.75, 3.05) is 11.6 Å². The van der Waals surface area contributed by atoms with E-state index in [-0.39, 0.29) is 17.1 Å². The van der Waals surface area contributed by atoms with Crippen LogP contribution in [0.25, 0.3) is 6.08 Å². The van der Waals surface area contributed by atoms with E-state index < -0.39 is 4.92 Å². The standard InChI is InChI=1S/C18H13FN4O3S/c19-13-4-6-14(7-5-13)21-10-20-18-22(11-21)17(24)16(27-18)9-12-2-1-3-15(8-12)23(25)26/h1-9H,10-11H2/b16-9-. The highest BCUT2D eigenvalue weighted by atomic mass is 32.1. The highest BCUT2D eigenvalue weighted by Crippen LogP contribution is 2.16. The third-order valence-electron chi connectivity index (χ3n) is 4.15. The summed E-state index contributed by atoms with van der Waals surface area (Å²) in [5, 5.41) is 10.9. The number of benzene rings is 2. The number of rotatable bonds is 3. The Kier molecular flexibility index (Phi) is 4.28. The maximum atomic E-state index is 13.1. The lowest BCUT2D eigenvalue weighted by Crippen LogP contribution is -2.42. The van der Waals surface area contributed by atoms with E-state index in [0.29, 0.717) is 28.2 Å². The summed E-state index contributed by atoms with van der Waals surface area (Å²) in [6.45, 7) is 0.671. The molecule has 0 spiro atoms. The van der Waals surface area contributed by atoms with Gasteiger partial charge < -0.3 is 4.90 Å². The molecule has 7 nitrogen and oxygen atoms in total. The van der Waals surface area contributed by atoms with Gasteiger partial charge in [-0.25, -0.2) is 9.38 Å². The molecule has 2 aromatic carbocycles. The largest absolute Gasteiger partial charge is 0.334 e. The van der Waals surface area contributed by atoms with Gasteiger partial charge in [0.05, 0.1) is 9.46 Å². The van der Waals surface area contributed by atoms with E-state index in [0.717, 1.165) is 5.69 Å². The van der Waals surface area contributed by atoms with Crippen molar-refractivity contribution < 1.29 is 9.31 Å². The fourth-order valence-corrected chi connectivity index (χ4v) is 3.77. The van der Waals surface area contributed by atoms with Gasteiger partial charge in [-0.2, -0.15) is 0 Å². The van der Waals surface area contributed by atoms with Gasteiger partial charge in [-0.3, -0.25) is 19.5 Å². The molecule has 136 valence electrons. The minimum Gasteiger partial charge on any atom is -0.334 e. The Morgan fingerprint density at radius 2 is 2.00 bits per heavy atom. The zero-order valence-electron chi connectivity index (χ0n) is 13.9. The van der Waals surface area contributed by atoms with Gasteiger partial charge in [0.25, 0.3) is 11.2 Å². The first-order valence-electron chi connectivity index (χ1n) is 8.02. The van der Waals surface area contributed by atoms with Crippen LogP contribution in [-0.2, 0) is 6.67 Å². The van der Waals surface area contributed by atoms with E-state index in [1.165, 1.54) is 35.6 Å². The maximum Gasteiger partial charge on any atom is 0.271 e. The van der Waals surface area contributed by atoms with Crippen LogP contribution in [0, 0.1) is 15.9 Å². The molecule has 0 amide bonds. The first-order chi connectivity index (χ1) is 13.0. The van der Waals surface area contributed by atoms with Crippen molar-refractivity contribution in [1.29, 1.82) is 0 Å². The van der Waals surface area contributed by atoms with Crippen molar-refractivity contribution in [3.8, 4) is 0 Å². The van der Waals surface area contributed by atoms with E-state index in [2.05, 4.69) is 4.99 Å². The second-order valence-electron chi connectivity index (χ2n) is 5.94. The molecule has 0 N–H and O–H groups in total. The van der Waals surface area contributed by atoms with Crippen molar-refractivity contribution in [2.45, 2.75) is 6.67 Å². The van der Waals surface area contributed by atoms with E-state index in [1.54, 1.807) is 34.9 Å². The highest BCUT2D eigenvalue weighted by Gasteiger charge is 2.16. The summed E-state index contributed by atoms with van der Waals surface area (Å²) in [6, 6.07) is 12.1. The topological polar surface area (TPSA) is 80.7 Å². The smallest absolute Gasteiger partial charge is 0.271 e. The summed E-state index contributed by atoms with van der Waals surface area (Å²) in [5.41, 5.74) is 1.11. The van der Waals surface area contributed by atoms with Crippen molar-refractivity contribution in [2.24, 2.45) is 4.99 Å².